The SMILES string of the molecule is CCc1cnc(N2CCN(C(=O)c3ccc([C@@H]4C(=O)NCC4C)cc3C)CC2)c(C)c1. The predicted octanol–water partition coefficient (Wildman–Crippen LogP) is 3.07. The van der Waals surface area contributed by atoms with Crippen LogP contribution in [0.2, 0.25) is 0 Å². The molecule has 2 aromatic rings. The smallest absolute Gasteiger partial charge is 0.254 e. The van der Waals surface area contributed by atoms with Crippen LogP contribution in [0.3, 0.4) is 0 Å². The van der Waals surface area contributed by atoms with Gasteiger partial charge in [0.1, 0.15) is 5.82 Å². The second kappa shape index (κ2) is 8.69. The Labute approximate surface area is 184 Å². The Bertz CT molecular complexity index is 995. The number of aryl methyl sites for hydroxylation is 3. The average Bonchev–Trinajstić information content (AvgIpc) is 3.11. The van der Waals surface area contributed by atoms with Gasteiger partial charge in [-0.2, -0.15) is 0 Å². The van der Waals surface area contributed by atoms with Gasteiger partial charge in [-0.05, 0) is 54.5 Å². The van der Waals surface area contributed by atoms with Gasteiger partial charge in [0.15, 0.2) is 0 Å². The van der Waals surface area contributed by atoms with Crippen molar-refractivity contribution in [3.05, 3.63) is 58.3 Å². The number of carbonyl (C=O) groups is 2. The Morgan fingerprint density at radius 2 is 1.87 bits per heavy atom. The van der Waals surface area contributed by atoms with Crippen LogP contribution in [-0.4, -0.2) is 54.4 Å². The molecule has 2 saturated heterocycles. The summed E-state index contributed by atoms with van der Waals surface area (Å²) in [6, 6.07) is 8.06. The van der Waals surface area contributed by atoms with Gasteiger partial charge in [-0.1, -0.05) is 32.0 Å². The zero-order chi connectivity index (χ0) is 22.1. The number of pyridine rings is 1. The molecule has 3 heterocycles. The van der Waals surface area contributed by atoms with E-state index < -0.39 is 0 Å². The van der Waals surface area contributed by atoms with E-state index in [-0.39, 0.29) is 23.7 Å². The summed E-state index contributed by atoms with van der Waals surface area (Å²) in [5.74, 6) is 1.32. The maximum atomic E-state index is 13.2. The zero-order valence-corrected chi connectivity index (χ0v) is 18.9. The highest BCUT2D eigenvalue weighted by molar-refractivity contribution is 5.96. The first kappa shape index (κ1) is 21.3. The summed E-state index contributed by atoms with van der Waals surface area (Å²) in [4.78, 5) is 34.2. The minimum atomic E-state index is -0.124. The highest BCUT2D eigenvalue weighted by atomic mass is 16.2. The van der Waals surface area contributed by atoms with Crippen molar-refractivity contribution in [2.45, 2.75) is 40.0 Å². The van der Waals surface area contributed by atoms with Gasteiger partial charge >= 0.3 is 0 Å². The molecule has 0 saturated carbocycles. The summed E-state index contributed by atoms with van der Waals surface area (Å²) < 4.78 is 0. The van der Waals surface area contributed by atoms with E-state index in [9.17, 15) is 9.59 Å². The molecule has 0 bridgehead atoms. The average molecular weight is 421 g/mol. The number of hydrogen-bond acceptors (Lipinski definition) is 4. The van der Waals surface area contributed by atoms with E-state index in [0.717, 1.165) is 42.0 Å². The van der Waals surface area contributed by atoms with E-state index >= 15 is 0 Å². The number of rotatable bonds is 4. The Morgan fingerprint density at radius 1 is 1.13 bits per heavy atom. The van der Waals surface area contributed by atoms with E-state index in [1.165, 1.54) is 11.1 Å². The Morgan fingerprint density at radius 3 is 2.45 bits per heavy atom. The molecule has 0 aliphatic carbocycles. The molecule has 1 aromatic heterocycles. The zero-order valence-electron chi connectivity index (χ0n) is 18.9. The Hall–Kier alpha value is -2.89. The molecule has 1 aromatic carbocycles. The molecule has 164 valence electrons. The fraction of sp³-hybridized carbons (Fsp3) is 0.480. The third-order valence-corrected chi connectivity index (χ3v) is 6.67. The van der Waals surface area contributed by atoms with Crippen LogP contribution in [0.25, 0.3) is 0 Å². The highest BCUT2D eigenvalue weighted by Crippen LogP contribution is 2.30. The first-order valence-electron chi connectivity index (χ1n) is 11.3. The lowest BCUT2D eigenvalue weighted by Gasteiger charge is -2.36. The molecular formula is C25H32N4O2. The van der Waals surface area contributed by atoms with Gasteiger partial charge in [0.2, 0.25) is 5.91 Å². The molecule has 2 atom stereocenters. The van der Waals surface area contributed by atoms with Crippen molar-refractivity contribution >= 4 is 17.6 Å². The second-order valence-corrected chi connectivity index (χ2v) is 8.89. The number of anilines is 1. The molecule has 2 aliphatic rings. The molecule has 0 radical (unpaired) electrons. The van der Waals surface area contributed by atoms with Gasteiger partial charge in [0, 0.05) is 44.5 Å². The van der Waals surface area contributed by atoms with Crippen LogP contribution in [0.5, 0.6) is 0 Å². The number of hydrogen-bond donors (Lipinski definition) is 1. The van der Waals surface area contributed by atoms with Crippen LogP contribution in [0.15, 0.2) is 30.5 Å². The van der Waals surface area contributed by atoms with Crippen molar-refractivity contribution in [1.82, 2.24) is 15.2 Å². The molecule has 1 unspecified atom stereocenters. The third-order valence-electron chi connectivity index (χ3n) is 6.67. The second-order valence-electron chi connectivity index (χ2n) is 8.89. The topological polar surface area (TPSA) is 65.5 Å². The van der Waals surface area contributed by atoms with Crippen molar-refractivity contribution in [3.8, 4) is 0 Å². The number of amides is 2. The summed E-state index contributed by atoms with van der Waals surface area (Å²) >= 11 is 0. The van der Waals surface area contributed by atoms with Gasteiger partial charge < -0.3 is 15.1 Å². The number of benzene rings is 1. The minimum Gasteiger partial charge on any atom is -0.355 e. The molecule has 31 heavy (non-hydrogen) atoms. The Balaban J connectivity index is 1.43. The molecule has 6 nitrogen and oxygen atoms in total. The van der Waals surface area contributed by atoms with Crippen LogP contribution in [0.1, 0.15) is 52.4 Å². The number of piperazine rings is 1. The van der Waals surface area contributed by atoms with E-state index in [4.69, 9.17) is 0 Å². The normalized spacial score (nSPS) is 21.4. The monoisotopic (exact) mass is 420 g/mol. The fourth-order valence-corrected chi connectivity index (χ4v) is 4.79. The minimum absolute atomic E-state index is 0.0682. The van der Waals surface area contributed by atoms with E-state index in [1.807, 2.05) is 36.2 Å². The van der Waals surface area contributed by atoms with E-state index in [1.54, 1.807) is 0 Å². The van der Waals surface area contributed by atoms with Crippen LogP contribution in [0, 0.1) is 19.8 Å². The van der Waals surface area contributed by atoms with Crippen molar-refractivity contribution in [2.75, 3.05) is 37.6 Å². The van der Waals surface area contributed by atoms with Crippen LogP contribution < -0.4 is 10.2 Å². The van der Waals surface area contributed by atoms with Gasteiger partial charge in [-0.3, -0.25) is 9.59 Å². The summed E-state index contributed by atoms with van der Waals surface area (Å²) in [6.45, 7) is 11.9. The summed E-state index contributed by atoms with van der Waals surface area (Å²) in [6.07, 6.45) is 2.94. The lowest BCUT2D eigenvalue weighted by Crippen LogP contribution is -2.49. The van der Waals surface area contributed by atoms with Gasteiger partial charge in [0.25, 0.3) is 5.91 Å². The van der Waals surface area contributed by atoms with Gasteiger partial charge in [0.05, 0.1) is 5.92 Å². The molecule has 2 aliphatic heterocycles. The largest absolute Gasteiger partial charge is 0.355 e. The van der Waals surface area contributed by atoms with Crippen molar-refractivity contribution in [1.29, 1.82) is 0 Å². The van der Waals surface area contributed by atoms with Crippen LogP contribution in [0.4, 0.5) is 5.82 Å². The number of aromatic nitrogens is 1. The standard InChI is InChI=1S/C25H32N4O2/c1-5-19-12-17(3)23(26-15-19)28-8-10-29(11-9-28)25(31)21-7-6-20(13-16(21)2)22-18(4)14-27-24(22)30/h6-7,12-13,15,18,22H,5,8-11,14H2,1-4H3,(H,27,30)/t18?,22-/m1/s1. The van der Waals surface area contributed by atoms with Crippen LogP contribution >= 0.6 is 0 Å². The lowest BCUT2D eigenvalue weighted by molar-refractivity contribution is -0.120. The van der Waals surface area contributed by atoms with E-state index in [2.05, 4.69) is 42.0 Å². The van der Waals surface area contributed by atoms with Crippen molar-refractivity contribution < 1.29 is 9.59 Å². The highest BCUT2D eigenvalue weighted by Gasteiger charge is 2.33. The number of nitrogens with zero attached hydrogens (tertiary/aromatic N) is 3. The maximum absolute atomic E-state index is 13.2. The number of nitrogens with one attached hydrogen (secondary N) is 1. The molecular weight excluding hydrogens is 388 g/mol. The van der Waals surface area contributed by atoms with Crippen molar-refractivity contribution in [3.63, 3.8) is 0 Å². The van der Waals surface area contributed by atoms with E-state index in [0.29, 0.717) is 19.6 Å². The summed E-state index contributed by atoms with van der Waals surface area (Å²) in [7, 11) is 0. The molecule has 6 heteroatoms. The molecule has 2 fully saturated rings. The fourth-order valence-electron chi connectivity index (χ4n) is 4.79. The van der Waals surface area contributed by atoms with Gasteiger partial charge in [-0.15, -0.1) is 0 Å². The summed E-state index contributed by atoms with van der Waals surface area (Å²) in [5.41, 5.74) is 5.10. The number of carbonyl (C=O) groups excluding carboxylic acids is 2. The lowest BCUT2D eigenvalue weighted by atomic mass is 9.88. The first-order chi connectivity index (χ1) is 14.9. The molecule has 2 amide bonds. The quantitative estimate of drug-likeness (QED) is 0.826. The maximum Gasteiger partial charge on any atom is 0.254 e. The first-order valence-corrected chi connectivity index (χ1v) is 11.3. The molecule has 1 N–H and O–H groups in total. The summed E-state index contributed by atoms with van der Waals surface area (Å²) in [5, 5.41) is 2.93. The third kappa shape index (κ3) is 4.16. The van der Waals surface area contributed by atoms with Crippen molar-refractivity contribution in [2.24, 2.45) is 5.92 Å². The van der Waals surface area contributed by atoms with Crippen LogP contribution in [-0.2, 0) is 11.2 Å². The predicted molar refractivity (Wildman–Crippen MR) is 123 cm³/mol. The molecule has 0 spiro atoms. The molecule has 4 rings (SSSR count). The van der Waals surface area contributed by atoms with Gasteiger partial charge in [-0.25, -0.2) is 4.98 Å². The Kier molecular flexibility index (Phi) is 5.99.